The van der Waals surface area contributed by atoms with E-state index >= 15 is 0 Å². The van der Waals surface area contributed by atoms with Gasteiger partial charge in [0.05, 0.1) is 18.8 Å². The number of hydrogen-bond acceptors (Lipinski definition) is 4. The van der Waals surface area contributed by atoms with Crippen molar-refractivity contribution in [3.63, 3.8) is 0 Å². The molecular formula is C18H22N4O2S. The molecule has 1 fully saturated rings. The Kier molecular flexibility index (Phi) is 4.57. The Morgan fingerprint density at radius 1 is 1.32 bits per heavy atom. The van der Waals surface area contributed by atoms with E-state index in [2.05, 4.69) is 16.5 Å². The summed E-state index contributed by atoms with van der Waals surface area (Å²) in [7, 11) is 0. The van der Waals surface area contributed by atoms with Gasteiger partial charge in [0.2, 0.25) is 11.8 Å². The Labute approximate surface area is 150 Å². The standard InChI is InChI=1S/C18H22N4O2S/c23-17(19-8-7-15-5-2-10-25-15)16-12-21(18(24)13-3-1-4-13)11-14-6-9-20-22(14)16/h2,5-6,9-10,13,16H,1,3-4,7-8,11-12H2,(H,19,23). The zero-order chi connectivity index (χ0) is 17.2. The van der Waals surface area contributed by atoms with Gasteiger partial charge in [-0.1, -0.05) is 12.5 Å². The number of fused-ring (bicyclic) bond motifs is 1. The lowest BCUT2D eigenvalue weighted by Gasteiger charge is -2.37. The lowest BCUT2D eigenvalue weighted by molar-refractivity contribution is -0.141. The molecule has 2 aromatic rings. The molecule has 25 heavy (non-hydrogen) atoms. The summed E-state index contributed by atoms with van der Waals surface area (Å²) in [5, 5.41) is 9.36. The fourth-order valence-corrected chi connectivity index (χ4v) is 4.16. The fourth-order valence-electron chi connectivity index (χ4n) is 3.45. The predicted molar refractivity (Wildman–Crippen MR) is 95.1 cm³/mol. The number of nitrogens with one attached hydrogen (secondary N) is 1. The third kappa shape index (κ3) is 3.33. The van der Waals surface area contributed by atoms with Gasteiger partial charge < -0.3 is 10.2 Å². The molecule has 3 heterocycles. The zero-order valence-corrected chi connectivity index (χ0v) is 14.9. The maximum absolute atomic E-state index is 12.7. The molecule has 132 valence electrons. The summed E-state index contributed by atoms with van der Waals surface area (Å²) >= 11 is 1.69. The number of amides is 2. The van der Waals surface area contributed by atoms with Crippen molar-refractivity contribution in [3.8, 4) is 0 Å². The molecule has 6 nitrogen and oxygen atoms in total. The minimum absolute atomic E-state index is 0.0624. The summed E-state index contributed by atoms with van der Waals surface area (Å²) in [6.45, 7) is 1.56. The minimum Gasteiger partial charge on any atom is -0.354 e. The van der Waals surface area contributed by atoms with Crippen molar-refractivity contribution in [2.75, 3.05) is 13.1 Å². The van der Waals surface area contributed by atoms with Gasteiger partial charge in [-0.15, -0.1) is 11.3 Å². The molecule has 7 heteroatoms. The summed E-state index contributed by atoms with van der Waals surface area (Å²) in [5.74, 6) is 0.278. The van der Waals surface area contributed by atoms with Gasteiger partial charge in [0.15, 0.2) is 0 Å². The monoisotopic (exact) mass is 358 g/mol. The van der Waals surface area contributed by atoms with Crippen LogP contribution in [0.1, 0.15) is 35.9 Å². The highest BCUT2D eigenvalue weighted by Gasteiger charge is 2.36. The van der Waals surface area contributed by atoms with Crippen LogP contribution in [0.5, 0.6) is 0 Å². The smallest absolute Gasteiger partial charge is 0.246 e. The number of carbonyl (C=O) groups excluding carboxylic acids is 2. The second-order valence-corrected chi connectivity index (χ2v) is 7.78. The summed E-state index contributed by atoms with van der Waals surface area (Å²) < 4.78 is 1.77. The molecule has 0 aromatic carbocycles. The van der Waals surface area contributed by atoms with Gasteiger partial charge in [-0.25, -0.2) is 0 Å². The van der Waals surface area contributed by atoms with Crippen molar-refractivity contribution in [1.82, 2.24) is 20.0 Å². The Bertz CT molecular complexity index is 751. The minimum atomic E-state index is -0.439. The van der Waals surface area contributed by atoms with Crippen molar-refractivity contribution in [3.05, 3.63) is 40.3 Å². The second-order valence-electron chi connectivity index (χ2n) is 6.75. The molecule has 0 saturated heterocycles. The van der Waals surface area contributed by atoms with Crippen LogP contribution in [0.15, 0.2) is 29.8 Å². The Morgan fingerprint density at radius 3 is 2.92 bits per heavy atom. The van der Waals surface area contributed by atoms with Gasteiger partial charge >= 0.3 is 0 Å². The predicted octanol–water partition coefficient (Wildman–Crippen LogP) is 1.99. The van der Waals surface area contributed by atoms with E-state index in [0.29, 0.717) is 19.6 Å². The van der Waals surface area contributed by atoms with Crippen LogP contribution < -0.4 is 5.32 Å². The van der Waals surface area contributed by atoms with Crippen LogP contribution >= 0.6 is 11.3 Å². The molecule has 0 bridgehead atoms. The van der Waals surface area contributed by atoms with Crippen molar-refractivity contribution < 1.29 is 9.59 Å². The first kappa shape index (κ1) is 16.3. The van der Waals surface area contributed by atoms with Gasteiger partial charge in [-0.3, -0.25) is 14.3 Å². The van der Waals surface area contributed by atoms with Gasteiger partial charge in [-0.05, 0) is 36.8 Å². The van der Waals surface area contributed by atoms with Crippen LogP contribution in [0.3, 0.4) is 0 Å². The molecule has 1 N–H and O–H groups in total. The van der Waals surface area contributed by atoms with E-state index in [1.807, 2.05) is 22.4 Å². The lowest BCUT2D eigenvalue weighted by atomic mass is 9.84. The average Bonchev–Trinajstić information content (AvgIpc) is 3.23. The summed E-state index contributed by atoms with van der Waals surface area (Å²) in [4.78, 5) is 28.4. The lowest BCUT2D eigenvalue weighted by Crippen LogP contribution is -2.49. The summed E-state index contributed by atoms with van der Waals surface area (Å²) in [6.07, 6.45) is 5.62. The quantitative estimate of drug-likeness (QED) is 0.889. The van der Waals surface area contributed by atoms with Crippen LogP contribution in [0.25, 0.3) is 0 Å². The normalized spacial score (nSPS) is 20.0. The van der Waals surface area contributed by atoms with E-state index in [-0.39, 0.29) is 17.7 Å². The molecular weight excluding hydrogens is 336 g/mol. The molecule has 1 unspecified atom stereocenters. The maximum Gasteiger partial charge on any atom is 0.246 e. The molecule has 1 saturated carbocycles. The molecule has 2 aromatic heterocycles. The number of thiophene rings is 1. The number of hydrogen-bond donors (Lipinski definition) is 1. The van der Waals surface area contributed by atoms with E-state index in [1.165, 1.54) is 4.88 Å². The molecule has 2 aliphatic rings. The van der Waals surface area contributed by atoms with Gasteiger partial charge in [-0.2, -0.15) is 5.10 Å². The second kappa shape index (κ2) is 7.00. The third-order valence-corrected chi connectivity index (χ3v) is 6.05. The van der Waals surface area contributed by atoms with Crippen LogP contribution in [-0.4, -0.2) is 39.6 Å². The van der Waals surface area contributed by atoms with E-state index < -0.39 is 6.04 Å². The van der Waals surface area contributed by atoms with E-state index in [1.54, 1.807) is 22.2 Å². The highest BCUT2D eigenvalue weighted by Crippen LogP contribution is 2.31. The van der Waals surface area contributed by atoms with Gasteiger partial charge in [0.1, 0.15) is 6.04 Å². The topological polar surface area (TPSA) is 67.2 Å². The number of rotatable bonds is 5. The van der Waals surface area contributed by atoms with Crippen LogP contribution in [0, 0.1) is 5.92 Å². The zero-order valence-electron chi connectivity index (χ0n) is 14.1. The highest BCUT2D eigenvalue weighted by molar-refractivity contribution is 7.09. The Hall–Kier alpha value is -2.15. The van der Waals surface area contributed by atoms with Crippen molar-refractivity contribution >= 4 is 23.2 Å². The van der Waals surface area contributed by atoms with Crippen LogP contribution in [0.2, 0.25) is 0 Å². The van der Waals surface area contributed by atoms with Crippen LogP contribution in [-0.2, 0) is 22.6 Å². The van der Waals surface area contributed by atoms with Crippen molar-refractivity contribution in [2.24, 2.45) is 5.92 Å². The first-order valence-corrected chi connectivity index (χ1v) is 9.71. The third-order valence-electron chi connectivity index (χ3n) is 5.11. The molecule has 4 rings (SSSR count). The fraction of sp³-hybridized carbons (Fsp3) is 0.500. The Morgan fingerprint density at radius 2 is 2.20 bits per heavy atom. The molecule has 2 amide bonds. The number of carbonyl (C=O) groups is 2. The molecule has 1 atom stereocenters. The van der Waals surface area contributed by atoms with Gasteiger partial charge in [0.25, 0.3) is 0 Å². The van der Waals surface area contributed by atoms with Crippen molar-refractivity contribution in [2.45, 2.75) is 38.3 Å². The first-order chi connectivity index (χ1) is 12.2. The molecule has 0 radical (unpaired) electrons. The van der Waals surface area contributed by atoms with Crippen LogP contribution in [0.4, 0.5) is 0 Å². The number of nitrogens with zero attached hydrogens (tertiary/aromatic N) is 3. The Balaban J connectivity index is 1.42. The summed E-state index contributed by atoms with van der Waals surface area (Å²) in [5.41, 5.74) is 0.928. The molecule has 1 aliphatic carbocycles. The molecule has 0 spiro atoms. The largest absolute Gasteiger partial charge is 0.354 e. The SMILES string of the molecule is O=C(NCCc1cccs1)C1CN(C(=O)C2CCC2)Cc2ccnn21. The van der Waals surface area contributed by atoms with E-state index in [9.17, 15) is 9.59 Å². The first-order valence-electron chi connectivity index (χ1n) is 8.83. The van der Waals surface area contributed by atoms with Crippen molar-refractivity contribution in [1.29, 1.82) is 0 Å². The highest BCUT2D eigenvalue weighted by atomic mass is 32.1. The van der Waals surface area contributed by atoms with E-state index in [0.717, 1.165) is 31.4 Å². The number of aromatic nitrogens is 2. The average molecular weight is 358 g/mol. The summed E-state index contributed by atoms with van der Waals surface area (Å²) in [6, 6.07) is 5.54. The van der Waals surface area contributed by atoms with Gasteiger partial charge in [0, 0.05) is 23.5 Å². The molecule has 1 aliphatic heterocycles. The maximum atomic E-state index is 12.7. The van der Waals surface area contributed by atoms with E-state index in [4.69, 9.17) is 0 Å².